The number of methoxy groups -OCH3 is 1. The number of urea groups is 1. The van der Waals surface area contributed by atoms with E-state index in [-0.39, 0.29) is 11.7 Å². The van der Waals surface area contributed by atoms with Crippen molar-refractivity contribution >= 4 is 58.1 Å². The molecular weight excluding hydrogens is 474 g/mol. The van der Waals surface area contributed by atoms with Crippen LogP contribution >= 0.6 is 46.4 Å². The molecule has 11 heteroatoms. The van der Waals surface area contributed by atoms with Crippen LogP contribution in [0.1, 0.15) is 23.3 Å². The standard InChI is InChI=1S/C19H16Cl4N4O3/c1-29-14-8-2-11(3-9-14)10-15(16-26-17(30-27-16)19(21,22)23)25-18(28)24-13-6-4-12(20)5-7-13/h2-9,15H,10H2,1H3,(H2,24,25,28). The molecule has 0 aliphatic rings. The molecule has 7 nitrogen and oxygen atoms in total. The molecule has 158 valence electrons. The first-order valence-corrected chi connectivity index (χ1v) is 10.1. The highest BCUT2D eigenvalue weighted by molar-refractivity contribution is 6.66. The number of amides is 2. The molecule has 0 aliphatic carbocycles. The first-order chi connectivity index (χ1) is 14.2. The van der Waals surface area contributed by atoms with Gasteiger partial charge in [-0.15, -0.1) is 0 Å². The zero-order valence-electron chi connectivity index (χ0n) is 15.5. The number of benzene rings is 2. The summed E-state index contributed by atoms with van der Waals surface area (Å²) in [6, 6.07) is 12.9. The van der Waals surface area contributed by atoms with Crippen molar-refractivity contribution in [2.75, 3.05) is 12.4 Å². The molecule has 0 bridgehead atoms. The number of nitrogens with one attached hydrogen (secondary N) is 2. The highest BCUT2D eigenvalue weighted by Crippen LogP contribution is 2.37. The van der Waals surface area contributed by atoms with E-state index in [0.717, 1.165) is 5.56 Å². The van der Waals surface area contributed by atoms with Gasteiger partial charge in [-0.2, -0.15) is 4.98 Å². The van der Waals surface area contributed by atoms with Crippen LogP contribution in [-0.4, -0.2) is 23.3 Å². The van der Waals surface area contributed by atoms with Crippen LogP contribution in [0.4, 0.5) is 10.5 Å². The molecule has 0 fully saturated rings. The molecule has 1 unspecified atom stereocenters. The summed E-state index contributed by atoms with van der Waals surface area (Å²) in [5, 5.41) is 9.95. The monoisotopic (exact) mass is 488 g/mol. The zero-order valence-corrected chi connectivity index (χ0v) is 18.6. The van der Waals surface area contributed by atoms with Crippen molar-refractivity contribution in [2.45, 2.75) is 16.3 Å². The Bertz CT molecular complexity index is 988. The summed E-state index contributed by atoms with van der Waals surface area (Å²) in [5.41, 5.74) is 1.46. The van der Waals surface area contributed by atoms with Gasteiger partial charge in [0.15, 0.2) is 5.82 Å². The van der Waals surface area contributed by atoms with Gasteiger partial charge >= 0.3 is 6.03 Å². The lowest BCUT2D eigenvalue weighted by atomic mass is 10.1. The smallest absolute Gasteiger partial charge is 0.319 e. The Morgan fingerprint density at radius 2 is 1.80 bits per heavy atom. The first-order valence-electron chi connectivity index (χ1n) is 8.61. The molecule has 2 aromatic carbocycles. The summed E-state index contributed by atoms with van der Waals surface area (Å²) < 4.78 is 8.33. The minimum Gasteiger partial charge on any atom is -0.497 e. The Kier molecular flexibility index (Phi) is 7.31. The number of halogens is 4. The van der Waals surface area contributed by atoms with Crippen LogP contribution in [0.25, 0.3) is 0 Å². The fourth-order valence-corrected chi connectivity index (χ4v) is 2.91. The number of aromatic nitrogens is 2. The quantitative estimate of drug-likeness (QED) is 0.436. The highest BCUT2D eigenvalue weighted by atomic mass is 35.6. The lowest BCUT2D eigenvalue weighted by Gasteiger charge is -2.16. The van der Waals surface area contributed by atoms with Gasteiger partial charge in [0.1, 0.15) is 5.75 Å². The van der Waals surface area contributed by atoms with E-state index in [1.54, 1.807) is 31.4 Å². The van der Waals surface area contributed by atoms with Gasteiger partial charge in [-0.3, -0.25) is 0 Å². The van der Waals surface area contributed by atoms with Crippen LogP contribution in [0, 0.1) is 0 Å². The van der Waals surface area contributed by atoms with Crippen molar-refractivity contribution in [3.8, 4) is 5.75 Å². The number of rotatable bonds is 6. The van der Waals surface area contributed by atoms with Gasteiger partial charge in [0.05, 0.1) is 13.2 Å². The van der Waals surface area contributed by atoms with Crippen molar-refractivity contribution in [2.24, 2.45) is 0 Å². The van der Waals surface area contributed by atoms with E-state index < -0.39 is 15.9 Å². The summed E-state index contributed by atoms with van der Waals surface area (Å²) in [6.45, 7) is 0. The van der Waals surface area contributed by atoms with E-state index in [4.69, 9.17) is 55.7 Å². The maximum Gasteiger partial charge on any atom is 0.319 e. The van der Waals surface area contributed by atoms with Crippen LogP contribution in [0.15, 0.2) is 53.1 Å². The number of ether oxygens (including phenoxy) is 1. The highest BCUT2D eigenvalue weighted by Gasteiger charge is 2.32. The van der Waals surface area contributed by atoms with E-state index in [0.29, 0.717) is 22.9 Å². The minimum absolute atomic E-state index is 0.165. The lowest BCUT2D eigenvalue weighted by molar-refractivity contribution is 0.247. The summed E-state index contributed by atoms with van der Waals surface area (Å²) in [6.07, 6.45) is 0.358. The second-order valence-electron chi connectivity index (χ2n) is 6.17. The lowest BCUT2D eigenvalue weighted by Crippen LogP contribution is -2.34. The Balaban J connectivity index is 1.79. The van der Waals surface area contributed by atoms with E-state index in [1.807, 2.05) is 24.3 Å². The predicted molar refractivity (Wildman–Crippen MR) is 117 cm³/mol. The van der Waals surface area contributed by atoms with Gasteiger partial charge in [-0.05, 0) is 42.0 Å². The molecule has 0 saturated carbocycles. The summed E-state index contributed by atoms with van der Waals surface area (Å²) in [7, 11) is 1.58. The number of nitrogens with zero attached hydrogens (tertiary/aromatic N) is 2. The maximum atomic E-state index is 12.5. The molecular formula is C19H16Cl4N4O3. The number of carbonyl (C=O) groups excluding carboxylic acids is 1. The van der Waals surface area contributed by atoms with Crippen LogP contribution in [0.3, 0.4) is 0 Å². The fraction of sp³-hybridized carbons (Fsp3) is 0.211. The van der Waals surface area contributed by atoms with Crippen molar-refractivity contribution in [1.82, 2.24) is 15.5 Å². The van der Waals surface area contributed by atoms with Crippen molar-refractivity contribution in [1.29, 1.82) is 0 Å². The van der Waals surface area contributed by atoms with E-state index in [2.05, 4.69) is 20.8 Å². The number of hydrogen-bond donors (Lipinski definition) is 2. The number of anilines is 1. The van der Waals surface area contributed by atoms with E-state index in [9.17, 15) is 4.79 Å². The molecule has 2 N–H and O–H groups in total. The Morgan fingerprint density at radius 1 is 1.13 bits per heavy atom. The van der Waals surface area contributed by atoms with E-state index >= 15 is 0 Å². The van der Waals surface area contributed by atoms with Crippen LogP contribution in [0.2, 0.25) is 5.02 Å². The Morgan fingerprint density at radius 3 is 2.37 bits per heavy atom. The summed E-state index contributed by atoms with van der Waals surface area (Å²) in [5.74, 6) is 0.683. The fourth-order valence-electron chi connectivity index (χ4n) is 2.55. The van der Waals surface area contributed by atoms with Gasteiger partial charge in [0, 0.05) is 17.1 Å². The van der Waals surface area contributed by atoms with Crippen LogP contribution < -0.4 is 15.4 Å². The molecule has 1 heterocycles. The van der Waals surface area contributed by atoms with E-state index in [1.165, 1.54) is 0 Å². The third-order valence-corrected chi connectivity index (χ3v) is 4.74. The number of carbonyl (C=O) groups is 1. The van der Waals surface area contributed by atoms with Gasteiger partial charge in [-0.25, -0.2) is 4.79 Å². The van der Waals surface area contributed by atoms with Crippen molar-refractivity contribution in [3.63, 3.8) is 0 Å². The predicted octanol–water partition coefficient (Wildman–Crippen LogP) is 5.66. The van der Waals surface area contributed by atoms with Gasteiger partial charge in [0.2, 0.25) is 0 Å². The second-order valence-corrected chi connectivity index (χ2v) is 8.88. The second kappa shape index (κ2) is 9.75. The SMILES string of the molecule is COc1ccc(CC(NC(=O)Nc2ccc(Cl)cc2)c2noc(C(Cl)(Cl)Cl)n2)cc1. The van der Waals surface area contributed by atoms with Crippen LogP contribution in [0.5, 0.6) is 5.75 Å². The Labute approximate surface area is 192 Å². The topological polar surface area (TPSA) is 89.3 Å². The molecule has 1 aromatic heterocycles. The molecule has 30 heavy (non-hydrogen) atoms. The molecule has 0 spiro atoms. The zero-order chi connectivity index (χ0) is 21.7. The van der Waals surface area contributed by atoms with Crippen LogP contribution in [-0.2, 0) is 10.2 Å². The summed E-state index contributed by atoms with van der Waals surface area (Å²) in [4.78, 5) is 16.7. The molecule has 3 aromatic rings. The van der Waals surface area contributed by atoms with Gasteiger partial charge in [0.25, 0.3) is 9.68 Å². The largest absolute Gasteiger partial charge is 0.497 e. The average molecular weight is 490 g/mol. The minimum atomic E-state index is -1.87. The molecule has 0 saturated heterocycles. The number of hydrogen-bond acceptors (Lipinski definition) is 5. The third kappa shape index (κ3) is 6.15. The first kappa shape index (κ1) is 22.5. The number of alkyl halides is 3. The normalized spacial score (nSPS) is 12.3. The third-order valence-electron chi connectivity index (χ3n) is 4.00. The molecule has 0 radical (unpaired) electrons. The summed E-state index contributed by atoms with van der Waals surface area (Å²) >= 11 is 23.3. The van der Waals surface area contributed by atoms with Crippen molar-refractivity contribution < 1.29 is 14.1 Å². The average Bonchev–Trinajstić information content (AvgIpc) is 3.21. The van der Waals surface area contributed by atoms with Gasteiger partial charge in [-0.1, -0.05) is 63.7 Å². The van der Waals surface area contributed by atoms with Crippen molar-refractivity contribution in [3.05, 3.63) is 70.8 Å². The molecule has 1 atom stereocenters. The Hall–Kier alpha value is -2.19. The molecule has 0 aliphatic heterocycles. The maximum absolute atomic E-state index is 12.5. The van der Waals surface area contributed by atoms with Gasteiger partial charge < -0.3 is 19.9 Å². The molecule has 3 rings (SSSR count). The molecule has 2 amide bonds.